The number of nitrogens with zero attached hydrogens (tertiary/aromatic N) is 2. The second kappa shape index (κ2) is 8.48. The maximum Gasteiger partial charge on any atom is 0.273 e. The van der Waals surface area contributed by atoms with E-state index >= 15 is 0 Å². The molecule has 0 aliphatic rings. The molecule has 3 aromatic rings. The number of carbonyl (C=O) groups is 2. The van der Waals surface area contributed by atoms with Gasteiger partial charge in [0.15, 0.2) is 0 Å². The normalized spacial score (nSPS) is 11.5. The van der Waals surface area contributed by atoms with Crippen LogP contribution < -0.4 is 5.32 Å². The van der Waals surface area contributed by atoms with Gasteiger partial charge < -0.3 is 10.2 Å². The molecule has 0 radical (unpaired) electrons. The van der Waals surface area contributed by atoms with E-state index in [0.717, 1.165) is 22.4 Å². The van der Waals surface area contributed by atoms with Crippen molar-refractivity contribution < 1.29 is 9.59 Å². The van der Waals surface area contributed by atoms with E-state index in [1.165, 1.54) is 4.90 Å². The number of amides is 2. The fourth-order valence-corrected chi connectivity index (χ4v) is 3.18. The molecule has 1 N–H and O–H groups in total. The first-order chi connectivity index (χ1) is 13.5. The van der Waals surface area contributed by atoms with Crippen LogP contribution in [0.25, 0.3) is 0 Å². The lowest BCUT2D eigenvalue weighted by Crippen LogP contribution is -2.39. The molecule has 0 bridgehead atoms. The lowest BCUT2D eigenvalue weighted by atomic mass is 10.0. The molecule has 0 unspecified atom stereocenters. The van der Waals surface area contributed by atoms with Crippen LogP contribution in [-0.2, 0) is 4.79 Å². The van der Waals surface area contributed by atoms with Crippen LogP contribution in [0.4, 0.5) is 5.69 Å². The standard InChI is InChI=1S/C23H23N3O2/c1-16-10-9-11-17(2)20(16)25-22(27)21(18-12-5-4-6-13-18)26(3)23(28)19-14-7-8-15-24-19/h4-15,21H,1-3H3,(H,25,27)/t21-/m0/s1. The maximum absolute atomic E-state index is 13.3. The Kier molecular flexibility index (Phi) is 5.84. The molecule has 0 aliphatic carbocycles. The van der Waals surface area contributed by atoms with Crippen LogP contribution >= 0.6 is 0 Å². The van der Waals surface area contributed by atoms with E-state index in [4.69, 9.17) is 0 Å². The molecule has 5 heteroatoms. The number of nitrogens with one attached hydrogen (secondary N) is 1. The van der Waals surface area contributed by atoms with Crippen molar-refractivity contribution in [1.29, 1.82) is 0 Å². The van der Waals surface area contributed by atoms with Crippen molar-refractivity contribution in [3.8, 4) is 0 Å². The van der Waals surface area contributed by atoms with E-state index in [0.29, 0.717) is 5.69 Å². The van der Waals surface area contributed by atoms with Gasteiger partial charge in [-0.05, 0) is 42.7 Å². The average molecular weight is 373 g/mol. The largest absolute Gasteiger partial charge is 0.324 e. The van der Waals surface area contributed by atoms with Crippen molar-refractivity contribution in [3.05, 3.63) is 95.3 Å². The van der Waals surface area contributed by atoms with Crippen LogP contribution in [0.2, 0.25) is 0 Å². The fraction of sp³-hybridized carbons (Fsp3) is 0.174. The topological polar surface area (TPSA) is 62.3 Å². The molecule has 3 rings (SSSR count). The van der Waals surface area contributed by atoms with Gasteiger partial charge >= 0.3 is 0 Å². The Morgan fingerprint density at radius 3 is 2.14 bits per heavy atom. The van der Waals surface area contributed by atoms with Crippen LogP contribution in [0.1, 0.15) is 33.2 Å². The fourth-order valence-electron chi connectivity index (χ4n) is 3.18. The number of hydrogen-bond acceptors (Lipinski definition) is 3. The van der Waals surface area contributed by atoms with E-state index < -0.39 is 6.04 Å². The Morgan fingerprint density at radius 2 is 1.54 bits per heavy atom. The van der Waals surface area contributed by atoms with Crippen molar-refractivity contribution in [2.24, 2.45) is 0 Å². The Balaban J connectivity index is 1.95. The summed E-state index contributed by atoms with van der Waals surface area (Å²) in [6, 6.07) is 19.5. The molecule has 142 valence electrons. The molecule has 0 saturated heterocycles. The van der Waals surface area contributed by atoms with E-state index in [-0.39, 0.29) is 11.8 Å². The monoisotopic (exact) mass is 373 g/mol. The van der Waals surface area contributed by atoms with Crippen LogP contribution in [-0.4, -0.2) is 28.7 Å². The van der Waals surface area contributed by atoms with Crippen molar-refractivity contribution >= 4 is 17.5 Å². The molecule has 2 aromatic carbocycles. The molecule has 0 spiro atoms. The molecule has 5 nitrogen and oxygen atoms in total. The minimum atomic E-state index is -0.783. The van der Waals surface area contributed by atoms with Crippen LogP contribution in [0.3, 0.4) is 0 Å². The number of benzene rings is 2. The molecule has 1 atom stereocenters. The van der Waals surface area contributed by atoms with E-state index in [9.17, 15) is 9.59 Å². The highest BCUT2D eigenvalue weighted by Crippen LogP contribution is 2.26. The quantitative estimate of drug-likeness (QED) is 0.731. The highest BCUT2D eigenvalue weighted by atomic mass is 16.2. The first kappa shape index (κ1) is 19.3. The summed E-state index contributed by atoms with van der Waals surface area (Å²) in [7, 11) is 1.62. The predicted molar refractivity (Wildman–Crippen MR) is 110 cm³/mol. The van der Waals surface area contributed by atoms with Gasteiger partial charge in [-0.1, -0.05) is 54.6 Å². The van der Waals surface area contributed by atoms with Gasteiger partial charge in [-0.15, -0.1) is 0 Å². The summed E-state index contributed by atoms with van der Waals surface area (Å²) in [5, 5.41) is 3.01. The number of hydrogen-bond donors (Lipinski definition) is 1. The molecular weight excluding hydrogens is 350 g/mol. The summed E-state index contributed by atoms with van der Waals surface area (Å²) >= 11 is 0. The van der Waals surface area contributed by atoms with Gasteiger partial charge in [0.25, 0.3) is 11.8 Å². The highest BCUT2D eigenvalue weighted by Gasteiger charge is 2.30. The molecule has 0 fully saturated rings. The number of para-hydroxylation sites is 1. The first-order valence-electron chi connectivity index (χ1n) is 9.09. The number of carbonyl (C=O) groups excluding carboxylic acids is 2. The molecule has 1 heterocycles. The van der Waals surface area contributed by atoms with Gasteiger partial charge in [0.2, 0.25) is 0 Å². The zero-order chi connectivity index (χ0) is 20.1. The first-order valence-corrected chi connectivity index (χ1v) is 9.09. The van der Waals surface area contributed by atoms with Gasteiger partial charge in [0.05, 0.1) is 0 Å². The van der Waals surface area contributed by atoms with Crippen LogP contribution in [0.5, 0.6) is 0 Å². The summed E-state index contributed by atoms with van der Waals surface area (Å²) in [5.41, 5.74) is 3.74. The number of pyridine rings is 1. The number of rotatable bonds is 5. The Morgan fingerprint density at radius 1 is 0.893 bits per heavy atom. The second-order valence-electron chi connectivity index (χ2n) is 6.70. The molecule has 0 aliphatic heterocycles. The molecular formula is C23H23N3O2. The van der Waals surface area contributed by atoms with Gasteiger partial charge in [-0.2, -0.15) is 0 Å². The van der Waals surface area contributed by atoms with Gasteiger partial charge in [-0.25, -0.2) is 0 Å². The smallest absolute Gasteiger partial charge is 0.273 e. The number of anilines is 1. The third-order valence-electron chi connectivity index (χ3n) is 4.68. The Hall–Kier alpha value is -3.47. The van der Waals surface area contributed by atoms with Crippen molar-refractivity contribution in [3.63, 3.8) is 0 Å². The third kappa shape index (κ3) is 4.09. The molecule has 0 saturated carbocycles. The average Bonchev–Trinajstić information content (AvgIpc) is 2.72. The summed E-state index contributed by atoms with van der Waals surface area (Å²) in [4.78, 5) is 31.8. The van der Waals surface area contributed by atoms with Crippen LogP contribution in [0.15, 0.2) is 72.9 Å². The van der Waals surface area contributed by atoms with Crippen molar-refractivity contribution in [1.82, 2.24) is 9.88 Å². The number of aromatic nitrogens is 1. The second-order valence-corrected chi connectivity index (χ2v) is 6.70. The van der Waals surface area contributed by atoms with Crippen LogP contribution in [0, 0.1) is 13.8 Å². The summed E-state index contributed by atoms with van der Waals surface area (Å²) in [6.07, 6.45) is 1.56. The van der Waals surface area contributed by atoms with Crippen molar-refractivity contribution in [2.75, 3.05) is 12.4 Å². The zero-order valence-corrected chi connectivity index (χ0v) is 16.2. The maximum atomic E-state index is 13.3. The minimum absolute atomic E-state index is 0.268. The molecule has 2 amide bonds. The summed E-state index contributed by atoms with van der Waals surface area (Å²) in [5.74, 6) is -0.582. The highest BCUT2D eigenvalue weighted by molar-refractivity contribution is 6.01. The number of likely N-dealkylation sites (N-methyl/N-ethyl adjacent to an activating group) is 1. The van der Waals surface area contributed by atoms with Crippen molar-refractivity contribution in [2.45, 2.75) is 19.9 Å². The lowest BCUT2D eigenvalue weighted by molar-refractivity contribution is -0.120. The number of aryl methyl sites for hydroxylation is 2. The van der Waals surface area contributed by atoms with E-state index in [1.807, 2.05) is 62.4 Å². The van der Waals surface area contributed by atoms with E-state index in [2.05, 4.69) is 10.3 Å². The van der Waals surface area contributed by atoms with Gasteiger partial charge in [0, 0.05) is 18.9 Å². The summed E-state index contributed by atoms with van der Waals surface area (Å²) < 4.78 is 0. The molecule has 1 aromatic heterocycles. The SMILES string of the molecule is Cc1cccc(C)c1NC(=O)[C@H](c1ccccc1)N(C)C(=O)c1ccccn1. The third-order valence-corrected chi connectivity index (χ3v) is 4.68. The Bertz CT molecular complexity index is 951. The van der Waals surface area contributed by atoms with Gasteiger partial charge in [-0.3, -0.25) is 14.6 Å². The molecule has 28 heavy (non-hydrogen) atoms. The predicted octanol–water partition coefficient (Wildman–Crippen LogP) is 4.15. The van der Waals surface area contributed by atoms with Gasteiger partial charge in [0.1, 0.15) is 11.7 Å². The van der Waals surface area contributed by atoms with E-state index in [1.54, 1.807) is 31.4 Å². The minimum Gasteiger partial charge on any atom is -0.324 e. The lowest BCUT2D eigenvalue weighted by Gasteiger charge is -2.28. The Labute approximate surface area is 165 Å². The zero-order valence-electron chi connectivity index (χ0n) is 16.2. The summed E-state index contributed by atoms with van der Waals surface area (Å²) in [6.45, 7) is 3.89.